The van der Waals surface area contributed by atoms with Gasteiger partial charge in [0.05, 0.1) is 15.8 Å². The van der Waals surface area contributed by atoms with Gasteiger partial charge in [-0.2, -0.15) is 0 Å². The molecule has 0 amide bonds. The maximum Gasteiger partial charge on any atom is 0.336 e. The summed E-state index contributed by atoms with van der Waals surface area (Å²) in [7, 11) is 0. The summed E-state index contributed by atoms with van der Waals surface area (Å²) in [6, 6.07) is 20.9. The highest BCUT2D eigenvalue weighted by atomic mass is 35.5. The molecule has 4 rings (SSSR count). The van der Waals surface area contributed by atoms with Gasteiger partial charge in [-0.3, -0.25) is 0 Å². The largest absolute Gasteiger partial charge is 0.478 e. The number of fused-ring (bicyclic) bond motifs is 1. The zero-order valence-electron chi connectivity index (χ0n) is 12.9. The van der Waals surface area contributed by atoms with Gasteiger partial charge in [-0.05, 0) is 41.5 Å². The lowest BCUT2D eigenvalue weighted by Gasteiger charge is -2.03. The van der Waals surface area contributed by atoms with Gasteiger partial charge in [0.1, 0.15) is 5.01 Å². The maximum absolute atomic E-state index is 11.5. The lowest BCUT2D eigenvalue weighted by molar-refractivity contribution is 0.0697. The summed E-state index contributed by atoms with van der Waals surface area (Å²) in [5.74, 6) is -0.990. The van der Waals surface area contributed by atoms with E-state index in [-0.39, 0.29) is 5.56 Å². The van der Waals surface area contributed by atoms with E-state index in [1.165, 1.54) is 17.4 Å². The van der Waals surface area contributed by atoms with Crippen LogP contribution in [-0.2, 0) is 0 Å². The third kappa shape index (κ3) is 3.02. The Balaban J connectivity index is 1.85. The van der Waals surface area contributed by atoms with Crippen LogP contribution in [0.4, 0.5) is 0 Å². The molecule has 0 aliphatic carbocycles. The Morgan fingerprint density at radius 2 is 1.76 bits per heavy atom. The van der Waals surface area contributed by atoms with E-state index in [0.717, 1.165) is 21.3 Å². The van der Waals surface area contributed by atoms with Crippen molar-refractivity contribution >= 4 is 39.1 Å². The molecule has 0 radical (unpaired) electrons. The third-order valence-corrected chi connectivity index (χ3v) is 5.24. The zero-order chi connectivity index (χ0) is 17.4. The topological polar surface area (TPSA) is 50.2 Å². The molecule has 25 heavy (non-hydrogen) atoms. The van der Waals surface area contributed by atoms with Crippen molar-refractivity contribution in [2.75, 3.05) is 0 Å². The number of hydrogen-bond acceptors (Lipinski definition) is 3. The fourth-order valence-electron chi connectivity index (χ4n) is 2.73. The SMILES string of the molecule is O=C(O)c1ccc(Cl)cc1-c1nc2cc(-c3ccccc3)ccc2s1. The van der Waals surface area contributed by atoms with Crippen LogP contribution in [-0.4, -0.2) is 16.1 Å². The van der Waals surface area contributed by atoms with E-state index in [1.54, 1.807) is 12.1 Å². The minimum atomic E-state index is -0.990. The van der Waals surface area contributed by atoms with E-state index >= 15 is 0 Å². The van der Waals surface area contributed by atoms with Crippen molar-refractivity contribution in [1.82, 2.24) is 4.98 Å². The van der Waals surface area contributed by atoms with Gasteiger partial charge in [-0.25, -0.2) is 9.78 Å². The first kappa shape index (κ1) is 15.8. The maximum atomic E-state index is 11.5. The Morgan fingerprint density at radius 1 is 0.960 bits per heavy atom. The number of rotatable bonds is 3. The number of halogens is 1. The van der Waals surface area contributed by atoms with Gasteiger partial charge in [-0.15, -0.1) is 11.3 Å². The van der Waals surface area contributed by atoms with E-state index in [0.29, 0.717) is 15.6 Å². The lowest BCUT2D eigenvalue weighted by atomic mass is 10.1. The van der Waals surface area contributed by atoms with Crippen LogP contribution < -0.4 is 0 Å². The number of carboxylic acid groups (broad SMARTS) is 1. The monoisotopic (exact) mass is 365 g/mol. The average Bonchev–Trinajstić information content (AvgIpc) is 3.05. The van der Waals surface area contributed by atoms with Crippen molar-refractivity contribution in [2.45, 2.75) is 0 Å². The van der Waals surface area contributed by atoms with Crippen LogP contribution in [0.2, 0.25) is 5.02 Å². The number of carboxylic acids is 1. The number of aromatic carboxylic acids is 1. The molecule has 0 atom stereocenters. The molecule has 0 saturated carbocycles. The first-order valence-corrected chi connectivity index (χ1v) is 8.80. The Kier molecular flexibility index (Phi) is 3.99. The second kappa shape index (κ2) is 6.31. The highest BCUT2D eigenvalue weighted by molar-refractivity contribution is 7.21. The quantitative estimate of drug-likeness (QED) is 0.485. The molecule has 1 N–H and O–H groups in total. The van der Waals surface area contributed by atoms with Crippen LogP contribution in [0.25, 0.3) is 31.9 Å². The van der Waals surface area contributed by atoms with Crippen LogP contribution in [0.1, 0.15) is 10.4 Å². The molecule has 4 aromatic rings. The smallest absolute Gasteiger partial charge is 0.336 e. The summed E-state index contributed by atoms with van der Waals surface area (Å²) in [5.41, 5.74) is 3.79. The Hall–Kier alpha value is -2.69. The molecule has 0 fully saturated rings. The molecule has 0 spiro atoms. The number of benzene rings is 3. The van der Waals surface area contributed by atoms with Gasteiger partial charge in [0.15, 0.2) is 0 Å². The lowest BCUT2D eigenvalue weighted by Crippen LogP contribution is -1.99. The van der Waals surface area contributed by atoms with E-state index in [9.17, 15) is 9.90 Å². The van der Waals surface area contributed by atoms with E-state index in [4.69, 9.17) is 11.6 Å². The van der Waals surface area contributed by atoms with Crippen molar-refractivity contribution < 1.29 is 9.90 Å². The first-order chi connectivity index (χ1) is 12.1. The third-order valence-electron chi connectivity index (χ3n) is 3.94. The van der Waals surface area contributed by atoms with Crippen LogP contribution >= 0.6 is 22.9 Å². The predicted molar refractivity (Wildman–Crippen MR) is 102 cm³/mol. The van der Waals surface area contributed by atoms with Gasteiger partial charge < -0.3 is 5.11 Å². The van der Waals surface area contributed by atoms with Crippen LogP contribution in [0.3, 0.4) is 0 Å². The minimum absolute atomic E-state index is 0.201. The molecule has 122 valence electrons. The molecular weight excluding hydrogens is 354 g/mol. The number of aromatic nitrogens is 1. The Morgan fingerprint density at radius 3 is 2.52 bits per heavy atom. The van der Waals surface area contributed by atoms with E-state index < -0.39 is 5.97 Å². The summed E-state index contributed by atoms with van der Waals surface area (Å²) in [6.07, 6.45) is 0. The van der Waals surface area contributed by atoms with Crippen molar-refractivity contribution in [3.05, 3.63) is 77.3 Å². The van der Waals surface area contributed by atoms with Gasteiger partial charge >= 0.3 is 5.97 Å². The summed E-state index contributed by atoms with van der Waals surface area (Å²) < 4.78 is 1.01. The van der Waals surface area contributed by atoms with Crippen LogP contribution in [0.15, 0.2) is 66.7 Å². The van der Waals surface area contributed by atoms with Crippen LogP contribution in [0, 0.1) is 0 Å². The predicted octanol–water partition coefficient (Wildman–Crippen LogP) is 5.98. The summed E-state index contributed by atoms with van der Waals surface area (Å²) in [6.45, 7) is 0. The highest BCUT2D eigenvalue weighted by Gasteiger charge is 2.16. The number of thiazole rings is 1. The molecule has 3 aromatic carbocycles. The molecular formula is C20H12ClNO2S. The Labute approximate surface area is 153 Å². The minimum Gasteiger partial charge on any atom is -0.478 e. The van der Waals surface area contributed by atoms with E-state index in [2.05, 4.69) is 11.1 Å². The molecule has 0 unspecified atom stereocenters. The fraction of sp³-hybridized carbons (Fsp3) is 0. The van der Waals surface area contributed by atoms with Crippen molar-refractivity contribution in [1.29, 1.82) is 0 Å². The van der Waals surface area contributed by atoms with Gasteiger partial charge in [0.2, 0.25) is 0 Å². The average molecular weight is 366 g/mol. The van der Waals surface area contributed by atoms with Gasteiger partial charge in [0.25, 0.3) is 0 Å². The molecule has 0 aliphatic heterocycles. The van der Waals surface area contributed by atoms with E-state index in [1.807, 2.05) is 42.5 Å². The summed E-state index contributed by atoms with van der Waals surface area (Å²) in [5, 5.41) is 10.6. The highest BCUT2D eigenvalue weighted by Crippen LogP contribution is 2.35. The number of carbonyl (C=O) groups is 1. The fourth-order valence-corrected chi connectivity index (χ4v) is 3.88. The standard InChI is InChI=1S/C20H12ClNO2S/c21-14-7-8-15(20(23)24)16(11-14)19-22-17-10-13(6-9-18(17)25-19)12-4-2-1-3-5-12/h1-11H,(H,23,24). The second-order valence-corrected chi connectivity index (χ2v) is 7.03. The molecule has 0 saturated heterocycles. The molecule has 3 nitrogen and oxygen atoms in total. The Bertz CT molecular complexity index is 1090. The zero-order valence-corrected chi connectivity index (χ0v) is 14.5. The molecule has 0 bridgehead atoms. The normalized spacial score (nSPS) is 10.9. The molecule has 1 aromatic heterocycles. The molecule has 0 aliphatic rings. The summed E-state index contributed by atoms with van der Waals surface area (Å²) in [4.78, 5) is 16.1. The van der Waals surface area contributed by atoms with Gasteiger partial charge in [0, 0.05) is 10.6 Å². The van der Waals surface area contributed by atoms with Crippen molar-refractivity contribution in [3.8, 4) is 21.7 Å². The molecule has 1 heterocycles. The van der Waals surface area contributed by atoms with Crippen LogP contribution in [0.5, 0.6) is 0 Å². The molecule has 5 heteroatoms. The van der Waals surface area contributed by atoms with Crippen molar-refractivity contribution in [2.24, 2.45) is 0 Å². The summed E-state index contributed by atoms with van der Waals surface area (Å²) >= 11 is 7.52. The van der Waals surface area contributed by atoms with Gasteiger partial charge in [-0.1, -0.05) is 48.0 Å². The first-order valence-electron chi connectivity index (χ1n) is 7.61. The second-order valence-electron chi connectivity index (χ2n) is 5.56. The number of hydrogen-bond donors (Lipinski definition) is 1. The number of nitrogens with zero attached hydrogens (tertiary/aromatic N) is 1. The van der Waals surface area contributed by atoms with Crippen molar-refractivity contribution in [3.63, 3.8) is 0 Å².